The Hall–Kier alpha value is -3.73. The second-order valence-electron chi connectivity index (χ2n) is 8.11. The molecule has 0 atom stereocenters. The lowest BCUT2D eigenvalue weighted by molar-refractivity contribution is 0.0526. The Morgan fingerprint density at radius 2 is 1.65 bits per heavy atom. The van der Waals surface area contributed by atoms with E-state index in [1.54, 1.807) is 7.11 Å². The zero-order valence-corrected chi connectivity index (χ0v) is 20.4. The highest BCUT2D eigenvalue weighted by atomic mass is 16.5. The van der Waals surface area contributed by atoms with Crippen LogP contribution in [0.4, 0.5) is 5.69 Å². The minimum atomic E-state index is -0.279. The summed E-state index contributed by atoms with van der Waals surface area (Å²) in [5.41, 5.74) is 5.04. The summed E-state index contributed by atoms with van der Waals surface area (Å²) in [5, 5.41) is 0. The summed E-state index contributed by atoms with van der Waals surface area (Å²) in [6.07, 6.45) is 5.96. The van der Waals surface area contributed by atoms with Crippen LogP contribution in [0.25, 0.3) is 6.08 Å². The molecule has 0 radical (unpaired) electrons. The maximum absolute atomic E-state index is 12.1. The van der Waals surface area contributed by atoms with E-state index in [-0.39, 0.29) is 5.97 Å². The van der Waals surface area contributed by atoms with E-state index in [0.717, 1.165) is 46.7 Å². The summed E-state index contributed by atoms with van der Waals surface area (Å²) < 4.78 is 16.2. The molecule has 0 heterocycles. The van der Waals surface area contributed by atoms with Crippen LogP contribution in [0.2, 0.25) is 0 Å². The van der Waals surface area contributed by atoms with Crippen molar-refractivity contribution in [3.8, 4) is 11.5 Å². The first-order chi connectivity index (χ1) is 16.5. The van der Waals surface area contributed by atoms with Crippen molar-refractivity contribution in [1.82, 2.24) is 0 Å². The quantitative estimate of drug-likeness (QED) is 0.321. The number of methoxy groups -OCH3 is 1. The van der Waals surface area contributed by atoms with E-state index in [1.807, 2.05) is 87.7 Å². The van der Waals surface area contributed by atoms with E-state index < -0.39 is 0 Å². The smallest absolute Gasteiger partial charge is 0.338 e. The van der Waals surface area contributed by atoms with Crippen molar-refractivity contribution >= 4 is 17.7 Å². The molecule has 5 heteroatoms. The van der Waals surface area contributed by atoms with Crippen molar-refractivity contribution in [3.05, 3.63) is 95.1 Å². The monoisotopic (exact) mass is 459 g/mol. The standard InChI is InChI=1S/C29H33NO4/c1-5-33-29(31)25-14-19-28(30(2)3)24(20-25)9-7-6-8-22-10-17-27(18-11-22)34-21-23-12-15-26(32-4)16-13-23/h6,8,10-20H,5,7,9,21H2,1-4H3. The molecule has 3 aromatic carbocycles. The lowest BCUT2D eigenvalue weighted by Gasteiger charge is -2.18. The van der Waals surface area contributed by atoms with Gasteiger partial charge in [-0.2, -0.15) is 0 Å². The van der Waals surface area contributed by atoms with Crippen LogP contribution in [-0.4, -0.2) is 33.8 Å². The number of esters is 1. The van der Waals surface area contributed by atoms with Gasteiger partial charge in [0.2, 0.25) is 0 Å². The number of benzene rings is 3. The zero-order chi connectivity index (χ0) is 24.3. The minimum absolute atomic E-state index is 0.279. The Bertz CT molecular complexity index is 1090. The van der Waals surface area contributed by atoms with Gasteiger partial charge in [0.15, 0.2) is 0 Å². The van der Waals surface area contributed by atoms with Gasteiger partial charge in [0.1, 0.15) is 18.1 Å². The highest BCUT2D eigenvalue weighted by molar-refractivity contribution is 5.90. The van der Waals surface area contributed by atoms with Crippen LogP contribution in [0, 0.1) is 0 Å². The molecule has 34 heavy (non-hydrogen) atoms. The molecule has 0 aromatic heterocycles. The highest BCUT2D eigenvalue weighted by Crippen LogP contribution is 2.23. The molecular weight excluding hydrogens is 426 g/mol. The Balaban J connectivity index is 1.55. The van der Waals surface area contributed by atoms with Crippen molar-refractivity contribution in [1.29, 1.82) is 0 Å². The largest absolute Gasteiger partial charge is 0.497 e. The lowest BCUT2D eigenvalue weighted by atomic mass is 10.0. The van der Waals surface area contributed by atoms with E-state index in [0.29, 0.717) is 18.8 Å². The molecule has 3 rings (SSSR count). The molecule has 0 bridgehead atoms. The van der Waals surface area contributed by atoms with Gasteiger partial charge in [0, 0.05) is 19.8 Å². The Morgan fingerprint density at radius 1 is 0.941 bits per heavy atom. The normalized spacial score (nSPS) is 10.8. The summed E-state index contributed by atoms with van der Waals surface area (Å²) in [4.78, 5) is 14.2. The van der Waals surface area contributed by atoms with Gasteiger partial charge in [-0.15, -0.1) is 0 Å². The fourth-order valence-corrected chi connectivity index (χ4v) is 3.59. The molecular formula is C29H33NO4. The first-order valence-electron chi connectivity index (χ1n) is 11.5. The van der Waals surface area contributed by atoms with Crippen molar-refractivity contribution in [2.75, 3.05) is 32.7 Å². The molecule has 0 aliphatic heterocycles. The van der Waals surface area contributed by atoms with Gasteiger partial charge < -0.3 is 19.1 Å². The number of carbonyl (C=O) groups excluding carboxylic acids is 1. The molecule has 178 valence electrons. The molecule has 5 nitrogen and oxygen atoms in total. The predicted molar refractivity (Wildman–Crippen MR) is 138 cm³/mol. The fourth-order valence-electron chi connectivity index (χ4n) is 3.59. The van der Waals surface area contributed by atoms with Crippen LogP contribution in [0.5, 0.6) is 11.5 Å². The molecule has 0 aliphatic carbocycles. The Kier molecular flexibility index (Phi) is 9.15. The molecule has 0 aliphatic rings. The SMILES string of the molecule is CCOC(=O)c1ccc(N(C)C)c(CCC=Cc2ccc(OCc3ccc(OC)cc3)cc2)c1. The lowest BCUT2D eigenvalue weighted by Crippen LogP contribution is -2.13. The van der Waals surface area contributed by atoms with Crippen LogP contribution in [0.15, 0.2) is 72.8 Å². The predicted octanol–water partition coefficient (Wildman–Crippen LogP) is 6.16. The van der Waals surface area contributed by atoms with Gasteiger partial charge in [-0.05, 0) is 78.9 Å². The maximum atomic E-state index is 12.1. The molecule has 0 saturated heterocycles. The average molecular weight is 460 g/mol. The number of hydrogen-bond donors (Lipinski definition) is 0. The van der Waals surface area contributed by atoms with Gasteiger partial charge in [0.25, 0.3) is 0 Å². The number of hydrogen-bond acceptors (Lipinski definition) is 5. The van der Waals surface area contributed by atoms with Gasteiger partial charge in [-0.25, -0.2) is 4.79 Å². The van der Waals surface area contributed by atoms with Gasteiger partial charge in [0.05, 0.1) is 19.3 Å². The topological polar surface area (TPSA) is 48.0 Å². The number of rotatable bonds is 11. The van der Waals surface area contributed by atoms with E-state index in [1.165, 1.54) is 0 Å². The van der Waals surface area contributed by atoms with Crippen molar-refractivity contribution < 1.29 is 19.0 Å². The van der Waals surface area contributed by atoms with Crippen LogP contribution in [-0.2, 0) is 17.8 Å². The molecule has 0 saturated carbocycles. The van der Waals surface area contributed by atoms with Crippen LogP contribution < -0.4 is 14.4 Å². The molecule has 0 fully saturated rings. The van der Waals surface area contributed by atoms with E-state index >= 15 is 0 Å². The number of ether oxygens (including phenoxy) is 3. The van der Waals surface area contributed by atoms with Crippen LogP contribution >= 0.6 is 0 Å². The zero-order valence-electron chi connectivity index (χ0n) is 20.4. The summed E-state index contributed by atoms with van der Waals surface area (Å²) in [7, 11) is 5.68. The third kappa shape index (κ3) is 7.14. The Labute approximate surface area is 202 Å². The third-order valence-corrected chi connectivity index (χ3v) is 5.41. The second-order valence-corrected chi connectivity index (χ2v) is 8.11. The van der Waals surface area contributed by atoms with E-state index in [2.05, 4.69) is 17.1 Å². The third-order valence-electron chi connectivity index (χ3n) is 5.41. The number of nitrogens with zero attached hydrogens (tertiary/aromatic N) is 1. The fraction of sp³-hybridized carbons (Fsp3) is 0.276. The molecule has 0 N–H and O–H groups in total. The van der Waals surface area contributed by atoms with E-state index in [4.69, 9.17) is 14.2 Å². The number of aryl methyl sites for hydroxylation is 1. The van der Waals surface area contributed by atoms with Crippen LogP contribution in [0.1, 0.15) is 40.4 Å². The maximum Gasteiger partial charge on any atom is 0.338 e. The second kappa shape index (κ2) is 12.5. The Morgan fingerprint density at radius 3 is 2.29 bits per heavy atom. The average Bonchev–Trinajstić information content (AvgIpc) is 2.86. The number of anilines is 1. The minimum Gasteiger partial charge on any atom is -0.497 e. The molecule has 0 spiro atoms. The molecule has 0 amide bonds. The summed E-state index contributed by atoms with van der Waals surface area (Å²) in [6.45, 7) is 2.70. The molecule has 3 aromatic rings. The number of allylic oxidation sites excluding steroid dienone is 1. The van der Waals surface area contributed by atoms with Crippen molar-refractivity contribution in [2.45, 2.75) is 26.4 Å². The summed E-state index contributed by atoms with van der Waals surface area (Å²) >= 11 is 0. The van der Waals surface area contributed by atoms with Crippen molar-refractivity contribution in [2.24, 2.45) is 0 Å². The highest BCUT2D eigenvalue weighted by Gasteiger charge is 2.11. The van der Waals surface area contributed by atoms with Gasteiger partial charge in [-0.1, -0.05) is 36.4 Å². The van der Waals surface area contributed by atoms with Gasteiger partial charge >= 0.3 is 5.97 Å². The first-order valence-corrected chi connectivity index (χ1v) is 11.5. The first kappa shape index (κ1) is 24.9. The number of carbonyl (C=O) groups is 1. The van der Waals surface area contributed by atoms with Crippen molar-refractivity contribution in [3.63, 3.8) is 0 Å². The van der Waals surface area contributed by atoms with Crippen LogP contribution in [0.3, 0.4) is 0 Å². The summed E-state index contributed by atoms with van der Waals surface area (Å²) in [5.74, 6) is 1.39. The summed E-state index contributed by atoms with van der Waals surface area (Å²) in [6, 6.07) is 21.7. The van der Waals surface area contributed by atoms with Gasteiger partial charge in [-0.3, -0.25) is 0 Å². The van der Waals surface area contributed by atoms with E-state index in [9.17, 15) is 4.79 Å². The molecule has 0 unspecified atom stereocenters.